The van der Waals surface area contributed by atoms with E-state index in [2.05, 4.69) is 9.97 Å². The molecule has 0 unspecified atom stereocenters. The van der Waals surface area contributed by atoms with Crippen LogP contribution >= 0.6 is 0 Å². The zero-order valence-corrected chi connectivity index (χ0v) is 12.8. The molecule has 2 aromatic heterocycles. The van der Waals surface area contributed by atoms with Crippen molar-refractivity contribution in [3.8, 4) is 11.5 Å². The molecule has 3 rings (SSSR count). The molecule has 0 aliphatic rings. The van der Waals surface area contributed by atoms with Crippen molar-refractivity contribution in [3.05, 3.63) is 85.5 Å². The first kappa shape index (κ1) is 17.2. The van der Waals surface area contributed by atoms with Gasteiger partial charge in [-0.3, -0.25) is 9.97 Å². The molecule has 22 heavy (non-hydrogen) atoms. The minimum Gasteiger partial charge on any atom is -0.493 e. The number of hydrogen-bond donors (Lipinski definition) is 0. The summed E-state index contributed by atoms with van der Waals surface area (Å²) in [6.45, 7) is 0. The Bertz CT molecular complexity index is 481. The maximum atomic E-state index is 5.01. The Morgan fingerprint density at radius 2 is 0.909 bits per heavy atom. The van der Waals surface area contributed by atoms with E-state index in [4.69, 9.17) is 9.47 Å². The monoisotopic (exact) mass is 296 g/mol. The van der Waals surface area contributed by atoms with Gasteiger partial charge in [0.1, 0.15) is 0 Å². The van der Waals surface area contributed by atoms with E-state index in [0.717, 1.165) is 11.5 Å². The van der Waals surface area contributed by atoms with Gasteiger partial charge in [0.2, 0.25) is 0 Å². The van der Waals surface area contributed by atoms with Crippen LogP contribution in [0.3, 0.4) is 0 Å². The summed E-state index contributed by atoms with van der Waals surface area (Å²) in [5.41, 5.74) is 0. The summed E-state index contributed by atoms with van der Waals surface area (Å²) in [6.07, 6.45) is 7.00. The average Bonchev–Trinajstić information content (AvgIpc) is 2.65. The van der Waals surface area contributed by atoms with Crippen molar-refractivity contribution >= 4 is 0 Å². The third-order valence-corrected chi connectivity index (χ3v) is 2.42. The van der Waals surface area contributed by atoms with Gasteiger partial charge in [-0.1, -0.05) is 24.3 Å². The molecule has 0 atom stereocenters. The van der Waals surface area contributed by atoms with Gasteiger partial charge in [-0.25, -0.2) is 0 Å². The number of benzene rings is 1. The second kappa shape index (κ2) is 11.9. The van der Waals surface area contributed by atoms with Crippen LogP contribution in [0.5, 0.6) is 11.5 Å². The van der Waals surface area contributed by atoms with Crippen LogP contribution in [0.1, 0.15) is 0 Å². The molecule has 0 aliphatic heterocycles. The van der Waals surface area contributed by atoms with E-state index in [1.807, 2.05) is 60.7 Å². The second-order valence-corrected chi connectivity index (χ2v) is 3.90. The average molecular weight is 296 g/mol. The Morgan fingerprint density at radius 3 is 1.09 bits per heavy atom. The molecule has 0 bridgehead atoms. The van der Waals surface area contributed by atoms with Gasteiger partial charge in [-0.2, -0.15) is 0 Å². The molecule has 0 N–H and O–H groups in total. The summed E-state index contributed by atoms with van der Waals surface area (Å²) >= 11 is 0. The first-order valence-corrected chi connectivity index (χ1v) is 6.75. The Kier molecular flexibility index (Phi) is 9.29. The number of aromatic nitrogens is 2. The summed E-state index contributed by atoms with van der Waals surface area (Å²) < 4.78 is 10.0. The summed E-state index contributed by atoms with van der Waals surface area (Å²) in [5.74, 6) is 1.54. The fourth-order valence-electron chi connectivity index (χ4n) is 1.41. The zero-order valence-electron chi connectivity index (χ0n) is 12.8. The zero-order chi connectivity index (χ0) is 15.9. The van der Waals surface area contributed by atoms with E-state index in [0.29, 0.717) is 0 Å². The van der Waals surface area contributed by atoms with Gasteiger partial charge in [-0.15, -0.1) is 0 Å². The predicted octanol–water partition coefficient (Wildman–Crippen LogP) is 3.87. The van der Waals surface area contributed by atoms with Crippen molar-refractivity contribution in [2.45, 2.75) is 0 Å². The number of nitrogens with zero attached hydrogens (tertiary/aromatic N) is 2. The molecule has 0 radical (unpaired) electrons. The molecule has 2 heterocycles. The lowest BCUT2D eigenvalue weighted by Gasteiger charge is -2.04. The van der Waals surface area contributed by atoms with Crippen molar-refractivity contribution in [2.75, 3.05) is 14.2 Å². The molecule has 1 aromatic carbocycles. The highest BCUT2D eigenvalue weighted by atomic mass is 16.5. The summed E-state index contributed by atoms with van der Waals surface area (Å²) in [7, 11) is 3.25. The molecular formula is C18H20N2O2. The lowest BCUT2D eigenvalue weighted by atomic mass is 10.3. The highest BCUT2D eigenvalue weighted by Gasteiger charge is 1.97. The molecule has 0 saturated carbocycles. The molecule has 3 aromatic rings. The largest absolute Gasteiger partial charge is 0.493 e. The maximum Gasteiger partial charge on any atom is 0.160 e. The highest BCUT2D eigenvalue weighted by Crippen LogP contribution is 2.24. The van der Waals surface area contributed by atoms with Gasteiger partial charge in [0.05, 0.1) is 14.2 Å². The molecule has 0 aliphatic carbocycles. The van der Waals surface area contributed by atoms with Gasteiger partial charge in [0.25, 0.3) is 0 Å². The summed E-state index contributed by atoms with van der Waals surface area (Å²) in [4.78, 5) is 7.57. The molecule has 114 valence electrons. The van der Waals surface area contributed by atoms with Crippen LogP contribution in [0.4, 0.5) is 0 Å². The Labute approximate surface area is 131 Å². The van der Waals surface area contributed by atoms with E-state index in [1.54, 1.807) is 39.0 Å². The molecule has 0 saturated heterocycles. The standard InChI is InChI=1S/C8H10O2.2C5H5N/c1-9-7-5-3-4-6-8(7)10-2;2*1-2-4-6-5-3-1/h3-6H,1-2H3;2*1-5H. The van der Waals surface area contributed by atoms with Crippen LogP contribution in [0.25, 0.3) is 0 Å². The molecular weight excluding hydrogens is 276 g/mol. The fraction of sp³-hybridized carbons (Fsp3) is 0.111. The van der Waals surface area contributed by atoms with Crippen molar-refractivity contribution in [1.82, 2.24) is 9.97 Å². The lowest BCUT2D eigenvalue weighted by Crippen LogP contribution is -1.88. The quantitative estimate of drug-likeness (QED) is 0.720. The third-order valence-electron chi connectivity index (χ3n) is 2.42. The van der Waals surface area contributed by atoms with Gasteiger partial charge >= 0.3 is 0 Å². The van der Waals surface area contributed by atoms with Crippen LogP contribution < -0.4 is 9.47 Å². The van der Waals surface area contributed by atoms with Gasteiger partial charge in [0, 0.05) is 24.8 Å². The fourth-order valence-corrected chi connectivity index (χ4v) is 1.41. The molecule has 0 fully saturated rings. The van der Waals surface area contributed by atoms with E-state index in [1.165, 1.54) is 0 Å². The van der Waals surface area contributed by atoms with E-state index in [-0.39, 0.29) is 0 Å². The second-order valence-electron chi connectivity index (χ2n) is 3.90. The number of rotatable bonds is 2. The van der Waals surface area contributed by atoms with Crippen LogP contribution in [-0.4, -0.2) is 24.2 Å². The number of methoxy groups -OCH3 is 2. The van der Waals surface area contributed by atoms with E-state index in [9.17, 15) is 0 Å². The molecule has 0 amide bonds. The third kappa shape index (κ3) is 7.65. The van der Waals surface area contributed by atoms with Crippen LogP contribution in [0.15, 0.2) is 85.5 Å². The van der Waals surface area contributed by atoms with Gasteiger partial charge in [-0.05, 0) is 36.4 Å². The molecule has 4 heteroatoms. The van der Waals surface area contributed by atoms with E-state index >= 15 is 0 Å². The normalized spacial score (nSPS) is 8.45. The number of para-hydroxylation sites is 2. The molecule has 0 spiro atoms. The Balaban J connectivity index is 0.000000174. The lowest BCUT2D eigenvalue weighted by molar-refractivity contribution is 0.355. The highest BCUT2D eigenvalue weighted by molar-refractivity contribution is 5.39. The van der Waals surface area contributed by atoms with Crippen LogP contribution in [-0.2, 0) is 0 Å². The minimum atomic E-state index is 0.769. The number of pyridine rings is 2. The number of ether oxygens (including phenoxy) is 2. The topological polar surface area (TPSA) is 44.2 Å². The molecule has 4 nitrogen and oxygen atoms in total. The SMILES string of the molecule is COc1ccccc1OC.c1ccncc1.c1ccncc1. The Hall–Kier alpha value is -2.88. The number of hydrogen-bond acceptors (Lipinski definition) is 4. The summed E-state index contributed by atoms with van der Waals surface area (Å²) in [6, 6.07) is 19.0. The van der Waals surface area contributed by atoms with Crippen LogP contribution in [0.2, 0.25) is 0 Å². The van der Waals surface area contributed by atoms with E-state index < -0.39 is 0 Å². The maximum absolute atomic E-state index is 5.01. The minimum absolute atomic E-state index is 0.769. The summed E-state index contributed by atoms with van der Waals surface area (Å²) in [5, 5.41) is 0. The van der Waals surface area contributed by atoms with Crippen molar-refractivity contribution in [3.63, 3.8) is 0 Å². The van der Waals surface area contributed by atoms with Crippen molar-refractivity contribution < 1.29 is 9.47 Å². The first-order chi connectivity index (χ1) is 10.9. The van der Waals surface area contributed by atoms with Crippen molar-refractivity contribution in [2.24, 2.45) is 0 Å². The van der Waals surface area contributed by atoms with Gasteiger partial charge in [0.15, 0.2) is 11.5 Å². The first-order valence-electron chi connectivity index (χ1n) is 6.75. The van der Waals surface area contributed by atoms with Gasteiger partial charge < -0.3 is 9.47 Å². The van der Waals surface area contributed by atoms with Crippen LogP contribution in [0, 0.1) is 0 Å². The Morgan fingerprint density at radius 1 is 0.545 bits per heavy atom. The smallest absolute Gasteiger partial charge is 0.160 e. The van der Waals surface area contributed by atoms with Crippen molar-refractivity contribution in [1.29, 1.82) is 0 Å². The predicted molar refractivity (Wildman–Crippen MR) is 88.0 cm³/mol.